The molecule has 0 radical (unpaired) electrons. The van der Waals surface area contributed by atoms with E-state index in [2.05, 4.69) is 15.0 Å². The number of piperazine rings is 1. The van der Waals surface area contributed by atoms with Crippen molar-refractivity contribution in [2.75, 3.05) is 26.2 Å². The van der Waals surface area contributed by atoms with Gasteiger partial charge in [-0.2, -0.15) is 0 Å². The predicted molar refractivity (Wildman–Crippen MR) is 113 cm³/mol. The lowest BCUT2D eigenvalue weighted by molar-refractivity contribution is 0.0630. The minimum Gasteiger partial charge on any atom is -0.336 e. The maximum Gasteiger partial charge on any atom is 0.259 e. The minimum absolute atomic E-state index is 0.0323. The third kappa shape index (κ3) is 4.04. The van der Waals surface area contributed by atoms with E-state index in [-0.39, 0.29) is 17.6 Å². The van der Waals surface area contributed by atoms with Crippen molar-refractivity contribution in [2.45, 2.75) is 33.2 Å². The predicted octanol–water partition coefficient (Wildman–Crippen LogP) is 4.41. The number of aryl methyl sites for hydroxylation is 1. The van der Waals surface area contributed by atoms with Crippen LogP contribution in [0.25, 0.3) is 11.1 Å². The van der Waals surface area contributed by atoms with Crippen molar-refractivity contribution in [3.63, 3.8) is 0 Å². The first kappa shape index (κ1) is 20.8. The van der Waals surface area contributed by atoms with Gasteiger partial charge in [-0.05, 0) is 36.6 Å². The van der Waals surface area contributed by atoms with Crippen molar-refractivity contribution in [3.05, 3.63) is 57.6 Å². The summed E-state index contributed by atoms with van der Waals surface area (Å²) in [5, 5.41) is 5.11. The Morgan fingerprint density at radius 3 is 2.63 bits per heavy atom. The molecule has 1 aliphatic heterocycles. The zero-order chi connectivity index (χ0) is 21.4. The Morgan fingerprint density at radius 2 is 1.97 bits per heavy atom. The lowest BCUT2D eigenvalue weighted by Crippen LogP contribution is -2.48. The van der Waals surface area contributed by atoms with Crippen LogP contribution in [0.3, 0.4) is 0 Å². The van der Waals surface area contributed by atoms with Gasteiger partial charge in [-0.1, -0.05) is 36.7 Å². The largest absolute Gasteiger partial charge is 0.336 e. The maximum absolute atomic E-state index is 13.3. The first-order chi connectivity index (χ1) is 14.3. The number of amides is 1. The Bertz CT molecular complexity index is 1090. The second-order valence-electron chi connectivity index (χ2n) is 8.00. The number of hydrogen-bond acceptors (Lipinski definition) is 5. The van der Waals surface area contributed by atoms with E-state index in [0.29, 0.717) is 60.1 Å². The number of carbonyl (C=O) groups excluding carboxylic acids is 1. The van der Waals surface area contributed by atoms with E-state index >= 15 is 0 Å². The van der Waals surface area contributed by atoms with Crippen LogP contribution in [-0.4, -0.2) is 52.0 Å². The summed E-state index contributed by atoms with van der Waals surface area (Å²) in [6.07, 6.45) is 0. The van der Waals surface area contributed by atoms with Crippen LogP contribution in [0.4, 0.5) is 4.39 Å². The second-order valence-corrected chi connectivity index (χ2v) is 8.41. The van der Waals surface area contributed by atoms with Gasteiger partial charge in [0.2, 0.25) is 0 Å². The van der Waals surface area contributed by atoms with Crippen LogP contribution in [0.15, 0.2) is 28.8 Å². The van der Waals surface area contributed by atoms with Crippen LogP contribution in [0.1, 0.15) is 47.1 Å². The molecule has 6 nitrogen and oxygen atoms in total. The monoisotopic (exact) mass is 430 g/mol. The van der Waals surface area contributed by atoms with Gasteiger partial charge >= 0.3 is 0 Å². The summed E-state index contributed by atoms with van der Waals surface area (Å²) in [6, 6.07) is 6.33. The van der Waals surface area contributed by atoms with Gasteiger partial charge in [-0.15, -0.1) is 0 Å². The van der Waals surface area contributed by atoms with E-state index in [0.717, 1.165) is 11.3 Å². The fourth-order valence-corrected chi connectivity index (χ4v) is 3.98. The Kier molecular flexibility index (Phi) is 5.75. The third-order valence-corrected chi connectivity index (χ3v) is 5.88. The van der Waals surface area contributed by atoms with Gasteiger partial charge in [-0.3, -0.25) is 9.69 Å². The standard InChI is InChI=1S/C22H24ClFN4O2/c1-13(2)19-11-17(20-14(3)26-30-21(20)25-19)22(29)28-8-6-27(7-9-28)12-15-4-5-16(24)10-18(15)23/h4-5,10-11,13H,6-9,12H2,1-3H3. The highest BCUT2D eigenvalue weighted by molar-refractivity contribution is 6.31. The maximum atomic E-state index is 13.3. The summed E-state index contributed by atoms with van der Waals surface area (Å²) >= 11 is 6.16. The molecular weight excluding hydrogens is 407 g/mol. The number of fused-ring (bicyclic) bond motifs is 1. The molecule has 8 heteroatoms. The average Bonchev–Trinajstić information content (AvgIpc) is 3.10. The van der Waals surface area contributed by atoms with Crippen LogP contribution in [0.5, 0.6) is 0 Å². The van der Waals surface area contributed by atoms with Crippen molar-refractivity contribution in [1.29, 1.82) is 0 Å². The Morgan fingerprint density at radius 1 is 1.23 bits per heavy atom. The number of halogens is 2. The summed E-state index contributed by atoms with van der Waals surface area (Å²) in [5.74, 6) is -0.202. The highest BCUT2D eigenvalue weighted by atomic mass is 35.5. The Balaban J connectivity index is 1.50. The first-order valence-corrected chi connectivity index (χ1v) is 10.4. The van der Waals surface area contributed by atoms with Crippen molar-refractivity contribution in [2.24, 2.45) is 0 Å². The lowest BCUT2D eigenvalue weighted by Gasteiger charge is -2.35. The molecule has 1 aromatic carbocycles. The van der Waals surface area contributed by atoms with Crippen LogP contribution in [-0.2, 0) is 6.54 Å². The molecule has 1 fully saturated rings. The number of nitrogens with zero attached hydrogens (tertiary/aromatic N) is 4. The molecule has 1 aliphatic rings. The lowest BCUT2D eigenvalue weighted by atomic mass is 10.0. The van der Waals surface area contributed by atoms with Gasteiger partial charge in [0.25, 0.3) is 11.6 Å². The highest BCUT2D eigenvalue weighted by Crippen LogP contribution is 2.27. The van der Waals surface area contributed by atoms with E-state index in [4.69, 9.17) is 16.1 Å². The Labute approximate surface area is 179 Å². The number of benzene rings is 1. The molecule has 0 saturated carbocycles. The number of aromatic nitrogens is 2. The average molecular weight is 431 g/mol. The van der Waals surface area contributed by atoms with Gasteiger partial charge in [0.05, 0.1) is 16.6 Å². The molecule has 30 heavy (non-hydrogen) atoms. The first-order valence-electron chi connectivity index (χ1n) is 10.1. The number of carbonyl (C=O) groups is 1. The summed E-state index contributed by atoms with van der Waals surface area (Å²) in [5.41, 5.74) is 3.37. The zero-order valence-electron chi connectivity index (χ0n) is 17.3. The molecule has 3 aromatic rings. The van der Waals surface area contributed by atoms with Crippen molar-refractivity contribution < 1.29 is 13.7 Å². The van der Waals surface area contributed by atoms with Gasteiger partial charge in [-0.25, -0.2) is 9.37 Å². The molecule has 0 spiro atoms. The molecule has 1 amide bonds. The van der Waals surface area contributed by atoms with Crippen LogP contribution < -0.4 is 0 Å². The number of hydrogen-bond donors (Lipinski definition) is 0. The van der Waals surface area contributed by atoms with Crippen LogP contribution >= 0.6 is 11.6 Å². The smallest absolute Gasteiger partial charge is 0.259 e. The molecule has 0 bridgehead atoms. The van der Waals surface area contributed by atoms with Gasteiger partial charge in [0, 0.05) is 43.4 Å². The van der Waals surface area contributed by atoms with Crippen molar-refractivity contribution in [3.8, 4) is 0 Å². The van der Waals surface area contributed by atoms with E-state index < -0.39 is 0 Å². The third-order valence-electron chi connectivity index (χ3n) is 5.53. The van der Waals surface area contributed by atoms with Gasteiger partial charge in [0.15, 0.2) is 0 Å². The Hall–Kier alpha value is -2.51. The quantitative estimate of drug-likeness (QED) is 0.613. The summed E-state index contributed by atoms with van der Waals surface area (Å²) in [6.45, 7) is 9.15. The normalized spacial score (nSPS) is 15.3. The van der Waals surface area contributed by atoms with E-state index in [9.17, 15) is 9.18 Å². The van der Waals surface area contributed by atoms with E-state index in [1.807, 2.05) is 31.7 Å². The van der Waals surface area contributed by atoms with Crippen LogP contribution in [0, 0.1) is 12.7 Å². The summed E-state index contributed by atoms with van der Waals surface area (Å²) < 4.78 is 18.6. The molecule has 4 rings (SSSR count). The van der Waals surface area contributed by atoms with Crippen molar-refractivity contribution in [1.82, 2.24) is 19.9 Å². The molecule has 0 aliphatic carbocycles. The van der Waals surface area contributed by atoms with Gasteiger partial charge < -0.3 is 9.42 Å². The summed E-state index contributed by atoms with van der Waals surface area (Å²) in [7, 11) is 0. The van der Waals surface area contributed by atoms with E-state index in [1.165, 1.54) is 12.1 Å². The SMILES string of the molecule is Cc1noc2nc(C(C)C)cc(C(=O)N3CCN(Cc4ccc(F)cc4Cl)CC3)c12. The van der Waals surface area contributed by atoms with E-state index in [1.54, 1.807) is 6.07 Å². The number of pyridine rings is 1. The highest BCUT2D eigenvalue weighted by Gasteiger charge is 2.27. The second kappa shape index (κ2) is 8.32. The molecule has 2 aromatic heterocycles. The molecule has 0 atom stereocenters. The zero-order valence-corrected chi connectivity index (χ0v) is 18.0. The van der Waals surface area contributed by atoms with Crippen molar-refractivity contribution >= 4 is 28.6 Å². The molecule has 0 N–H and O–H groups in total. The fraction of sp³-hybridized carbons (Fsp3) is 0.409. The molecule has 0 unspecified atom stereocenters. The summed E-state index contributed by atoms with van der Waals surface area (Å²) in [4.78, 5) is 21.9. The van der Waals surface area contributed by atoms with Crippen LogP contribution in [0.2, 0.25) is 5.02 Å². The minimum atomic E-state index is -0.340. The number of rotatable bonds is 4. The molecule has 158 valence electrons. The molecule has 3 heterocycles. The van der Waals surface area contributed by atoms with Gasteiger partial charge in [0.1, 0.15) is 5.82 Å². The topological polar surface area (TPSA) is 62.5 Å². The fourth-order valence-electron chi connectivity index (χ4n) is 3.75. The molecular formula is C22H24ClFN4O2. The molecule has 1 saturated heterocycles.